The van der Waals surface area contributed by atoms with Crippen LogP contribution >= 0.6 is 0 Å². The van der Waals surface area contributed by atoms with Crippen LogP contribution in [0.3, 0.4) is 0 Å². The second-order valence-corrected chi connectivity index (χ2v) is 7.57. The number of nitrogens with one attached hydrogen (secondary N) is 1. The number of pyridine rings is 1. The van der Waals surface area contributed by atoms with Gasteiger partial charge in [0.05, 0.1) is 11.2 Å². The standard InChI is InChI=1S/C24H17F2N5O2/c25-18-5-3-15(11-19(18)26)22(32)30-24-28-12-17-13-31(9-7-21(17)29-24)23(33)16-4-6-20-14(10-16)2-1-8-27-20/h1-6,8,10-13,24H,7,9H2,(H,30,32). The molecule has 1 aromatic heterocycles. The third-order valence-corrected chi connectivity index (χ3v) is 5.40. The van der Waals surface area contributed by atoms with Crippen LogP contribution < -0.4 is 5.32 Å². The zero-order valence-corrected chi connectivity index (χ0v) is 17.2. The SMILES string of the molecule is O=C(NC1N=CC2=CN(C(=O)c3ccc4ncccc4c3)CCC2=N1)c1ccc(F)c(F)c1. The second-order valence-electron chi connectivity index (χ2n) is 7.57. The lowest BCUT2D eigenvalue weighted by atomic mass is 10.0. The summed E-state index contributed by atoms with van der Waals surface area (Å²) in [5, 5.41) is 3.45. The van der Waals surface area contributed by atoms with Gasteiger partial charge in [-0.2, -0.15) is 0 Å². The van der Waals surface area contributed by atoms with E-state index in [4.69, 9.17) is 0 Å². The smallest absolute Gasteiger partial charge is 0.257 e. The monoisotopic (exact) mass is 445 g/mol. The molecule has 2 aliphatic rings. The molecule has 2 aliphatic heterocycles. The van der Waals surface area contributed by atoms with Crippen LogP contribution in [0.4, 0.5) is 8.78 Å². The molecular weight excluding hydrogens is 428 g/mol. The molecule has 9 heteroatoms. The highest BCUT2D eigenvalue weighted by molar-refractivity contribution is 6.18. The molecule has 1 atom stereocenters. The van der Waals surface area contributed by atoms with E-state index >= 15 is 0 Å². The van der Waals surface area contributed by atoms with Crippen molar-refractivity contribution in [2.75, 3.05) is 6.54 Å². The number of amides is 2. The number of halogens is 2. The van der Waals surface area contributed by atoms with E-state index in [0.29, 0.717) is 29.8 Å². The Bertz CT molecular complexity index is 1380. The molecule has 164 valence electrons. The van der Waals surface area contributed by atoms with E-state index in [1.807, 2.05) is 24.3 Å². The Kier molecular flexibility index (Phi) is 5.21. The Morgan fingerprint density at radius 2 is 1.88 bits per heavy atom. The van der Waals surface area contributed by atoms with Crippen molar-refractivity contribution >= 4 is 34.6 Å². The number of carbonyl (C=O) groups is 2. The van der Waals surface area contributed by atoms with E-state index in [0.717, 1.165) is 23.0 Å². The molecule has 0 fully saturated rings. The summed E-state index contributed by atoms with van der Waals surface area (Å²) < 4.78 is 26.5. The summed E-state index contributed by atoms with van der Waals surface area (Å²) >= 11 is 0. The number of fused-ring (bicyclic) bond motifs is 2. The quantitative estimate of drug-likeness (QED) is 0.670. The maximum absolute atomic E-state index is 13.4. The van der Waals surface area contributed by atoms with Gasteiger partial charge in [-0.15, -0.1) is 0 Å². The van der Waals surface area contributed by atoms with E-state index in [1.165, 1.54) is 6.07 Å². The first-order chi connectivity index (χ1) is 16.0. The number of allylic oxidation sites excluding steroid dienone is 1. The van der Waals surface area contributed by atoms with Crippen molar-refractivity contribution in [1.29, 1.82) is 0 Å². The predicted molar refractivity (Wildman–Crippen MR) is 119 cm³/mol. The number of hydrogen-bond acceptors (Lipinski definition) is 5. The molecule has 1 N–H and O–H groups in total. The van der Waals surface area contributed by atoms with E-state index in [9.17, 15) is 18.4 Å². The van der Waals surface area contributed by atoms with Gasteiger partial charge in [0.25, 0.3) is 11.8 Å². The van der Waals surface area contributed by atoms with Crippen molar-refractivity contribution in [1.82, 2.24) is 15.2 Å². The molecule has 3 aromatic rings. The minimum Gasteiger partial charge on any atom is -0.314 e. The third kappa shape index (κ3) is 4.12. The molecule has 7 nitrogen and oxygen atoms in total. The molecule has 0 saturated carbocycles. The summed E-state index contributed by atoms with van der Waals surface area (Å²) in [6, 6.07) is 12.0. The summed E-state index contributed by atoms with van der Waals surface area (Å²) in [7, 11) is 0. The molecule has 0 radical (unpaired) electrons. The molecule has 2 amide bonds. The van der Waals surface area contributed by atoms with Crippen molar-refractivity contribution in [2.45, 2.75) is 12.7 Å². The molecule has 0 aliphatic carbocycles. The fourth-order valence-electron chi connectivity index (χ4n) is 3.70. The lowest BCUT2D eigenvalue weighted by Crippen LogP contribution is -2.38. The maximum Gasteiger partial charge on any atom is 0.257 e. The van der Waals surface area contributed by atoms with Gasteiger partial charge in [-0.3, -0.25) is 14.6 Å². The van der Waals surface area contributed by atoms with E-state index in [1.54, 1.807) is 29.6 Å². The normalized spacial score (nSPS) is 17.3. The topological polar surface area (TPSA) is 87.0 Å². The van der Waals surface area contributed by atoms with Gasteiger partial charge in [0.1, 0.15) is 0 Å². The highest BCUT2D eigenvalue weighted by atomic mass is 19.2. The average Bonchev–Trinajstić information content (AvgIpc) is 2.84. The van der Waals surface area contributed by atoms with E-state index < -0.39 is 23.8 Å². The number of aliphatic imine (C=N–C) groups is 2. The van der Waals surface area contributed by atoms with Crippen molar-refractivity contribution < 1.29 is 18.4 Å². The lowest BCUT2D eigenvalue weighted by Gasteiger charge is -2.27. The molecule has 3 heterocycles. The van der Waals surface area contributed by atoms with Crippen LogP contribution in [0.5, 0.6) is 0 Å². The van der Waals surface area contributed by atoms with Gasteiger partial charge < -0.3 is 10.2 Å². The number of carbonyl (C=O) groups excluding carboxylic acids is 2. The molecule has 2 aromatic carbocycles. The summed E-state index contributed by atoms with van der Waals surface area (Å²) in [6.07, 6.45) is 4.54. The fourth-order valence-corrected chi connectivity index (χ4v) is 3.70. The van der Waals surface area contributed by atoms with Crippen molar-refractivity contribution in [3.8, 4) is 0 Å². The highest BCUT2D eigenvalue weighted by Crippen LogP contribution is 2.20. The summed E-state index contributed by atoms with van der Waals surface area (Å²) in [6.45, 7) is 0.421. The van der Waals surface area contributed by atoms with Crippen LogP contribution in [0, 0.1) is 11.6 Å². The first-order valence-corrected chi connectivity index (χ1v) is 10.2. The van der Waals surface area contributed by atoms with Crippen molar-refractivity contribution in [3.05, 3.63) is 89.3 Å². The largest absolute Gasteiger partial charge is 0.314 e. The number of aromatic nitrogens is 1. The number of hydrogen-bond donors (Lipinski definition) is 1. The fraction of sp³-hybridized carbons (Fsp3) is 0.125. The summed E-state index contributed by atoms with van der Waals surface area (Å²) in [4.78, 5) is 39.8. The molecule has 1 unspecified atom stereocenters. The Hall–Kier alpha value is -4.27. The highest BCUT2D eigenvalue weighted by Gasteiger charge is 2.25. The molecule has 33 heavy (non-hydrogen) atoms. The maximum atomic E-state index is 13.4. The number of nitrogens with zero attached hydrogens (tertiary/aromatic N) is 4. The minimum absolute atomic E-state index is 0.0309. The lowest BCUT2D eigenvalue weighted by molar-refractivity contribution is 0.0823. The molecule has 0 saturated heterocycles. The molecule has 0 bridgehead atoms. The Balaban J connectivity index is 1.30. The van der Waals surface area contributed by atoms with Gasteiger partial charge in [0.2, 0.25) is 6.29 Å². The van der Waals surface area contributed by atoms with Gasteiger partial charge in [-0.25, -0.2) is 18.8 Å². The van der Waals surface area contributed by atoms with Crippen LogP contribution in [0.25, 0.3) is 10.9 Å². The first-order valence-electron chi connectivity index (χ1n) is 10.2. The summed E-state index contributed by atoms with van der Waals surface area (Å²) in [5.74, 6) is -2.90. The predicted octanol–water partition coefficient (Wildman–Crippen LogP) is 3.48. The van der Waals surface area contributed by atoms with Gasteiger partial charge >= 0.3 is 0 Å². The van der Waals surface area contributed by atoms with Crippen LogP contribution in [0.1, 0.15) is 27.1 Å². The first kappa shape index (κ1) is 20.6. The van der Waals surface area contributed by atoms with Crippen molar-refractivity contribution in [3.63, 3.8) is 0 Å². The summed E-state index contributed by atoms with van der Waals surface area (Å²) in [5.41, 5.74) is 2.72. The number of benzene rings is 2. The van der Waals surface area contributed by atoms with Crippen molar-refractivity contribution in [2.24, 2.45) is 9.98 Å². The van der Waals surface area contributed by atoms with E-state index in [-0.39, 0.29) is 11.5 Å². The van der Waals surface area contributed by atoms with Gasteiger partial charge in [-0.05, 0) is 42.5 Å². The Morgan fingerprint density at radius 1 is 1.03 bits per heavy atom. The van der Waals surface area contributed by atoms with Gasteiger partial charge in [0, 0.05) is 53.7 Å². The average molecular weight is 445 g/mol. The molecule has 0 spiro atoms. The van der Waals surface area contributed by atoms with Crippen LogP contribution in [0.2, 0.25) is 0 Å². The molecule has 5 rings (SSSR count). The van der Waals surface area contributed by atoms with Gasteiger partial charge in [0.15, 0.2) is 11.6 Å². The zero-order chi connectivity index (χ0) is 22.9. The van der Waals surface area contributed by atoms with E-state index in [2.05, 4.69) is 20.3 Å². The van der Waals surface area contributed by atoms with Gasteiger partial charge in [-0.1, -0.05) is 6.07 Å². The van der Waals surface area contributed by atoms with Crippen LogP contribution in [-0.4, -0.2) is 46.5 Å². The third-order valence-electron chi connectivity index (χ3n) is 5.40. The second kappa shape index (κ2) is 8.34. The van der Waals surface area contributed by atoms with Crippen LogP contribution in [-0.2, 0) is 0 Å². The zero-order valence-electron chi connectivity index (χ0n) is 17.2. The van der Waals surface area contributed by atoms with Crippen LogP contribution in [0.15, 0.2) is 76.5 Å². The Morgan fingerprint density at radius 3 is 2.73 bits per heavy atom. The number of rotatable bonds is 3. The Labute approximate surface area is 187 Å². The molecular formula is C24H17F2N5O2. The minimum atomic E-state index is -1.11.